The Hall–Kier alpha value is -2.97. The number of aromatic nitrogens is 1. The van der Waals surface area contributed by atoms with Crippen LogP contribution in [0.15, 0.2) is 53.9 Å². The first-order valence-electron chi connectivity index (χ1n) is 7.51. The second-order valence-electron chi connectivity index (χ2n) is 5.22. The van der Waals surface area contributed by atoms with Crippen molar-refractivity contribution in [2.24, 2.45) is 0 Å². The zero-order valence-corrected chi connectivity index (χ0v) is 14.9. The largest absolute Gasteiger partial charge is 0.331 e. The zero-order valence-electron chi connectivity index (χ0n) is 13.3. The number of anilines is 1. The highest BCUT2D eigenvalue weighted by Crippen LogP contribution is 2.24. The van der Waals surface area contributed by atoms with Gasteiger partial charge in [-0.2, -0.15) is 0 Å². The Bertz CT molecular complexity index is 943. The molecule has 0 spiro atoms. The molecule has 0 saturated carbocycles. The van der Waals surface area contributed by atoms with Gasteiger partial charge < -0.3 is 10.6 Å². The van der Waals surface area contributed by atoms with Crippen molar-refractivity contribution in [3.8, 4) is 11.3 Å². The van der Waals surface area contributed by atoms with E-state index < -0.39 is 11.0 Å². The monoisotopic (exact) mass is 388 g/mol. The van der Waals surface area contributed by atoms with Gasteiger partial charge in [0.2, 0.25) is 0 Å². The van der Waals surface area contributed by atoms with E-state index in [-0.39, 0.29) is 17.9 Å². The van der Waals surface area contributed by atoms with Gasteiger partial charge in [0.25, 0.3) is 5.69 Å². The molecule has 0 saturated heterocycles. The van der Waals surface area contributed by atoms with E-state index in [4.69, 9.17) is 11.6 Å². The van der Waals surface area contributed by atoms with Gasteiger partial charge in [-0.3, -0.25) is 10.1 Å². The number of hydrogen-bond donors (Lipinski definition) is 2. The number of rotatable bonds is 5. The number of benzene rings is 2. The predicted molar refractivity (Wildman–Crippen MR) is 102 cm³/mol. The third-order valence-corrected chi connectivity index (χ3v) is 4.54. The molecule has 3 aromatic rings. The van der Waals surface area contributed by atoms with E-state index >= 15 is 0 Å². The van der Waals surface area contributed by atoms with Gasteiger partial charge in [0.1, 0.15) is 10.7 Å². The molecular weight excluding hydrogens is 376 g/mol. The lowest BCUT2D eigenvalue weighted by Crippen LogP contribution is -2.28. The van der Waals surface area contributed by atoms with Crippen molar-refractivity contribution < 1.29 is 9.72 Å². The van der Waals surface area contributed by atoms with E-state index in [1.54, 1.807) is 18.2 Å². The number of thiazole rings is 1. The molecule has 0 fully saturated rings. The van der Waals surface area contributed by atoms with Crippen LogP contribution in [0.1, 0.15) is 5.01 Å². The Balaban J connectivity index is 1.60. The number of urea groups is 1. The van der Waals surface area contributed by atoms with Gasteiger partial charge in [0, 0.05) is 22.0 Å². The van der Waals surface area contributed by atoms with Gasteiger partial charge in [-0.1, -0.05) is 35.9 Å². The zero-order chi connectivity index (χ0) is 18.5. The fourth-order valence-corrected chi connectivity index (χ4v) is 3.08. The van der Waals surface area contributed by atoms with E-state index in [1.165, 1.54) is 29.5 Å². The van der Waals surface area contributed by atoms with Crippen molar-refractivity contribution in [1.82, 2.24) is 10.3 Å². The number of halogens is 1. The van der Waals surface area contributed by atoms with Crippen LogP contribution >= 0.6 is 22.9 Å². The molecule has 0 aliphatic carbocycles. The maximum absolute atomic E-state index is 12.0. The highest BCUT2D eigenvalue weighted by molar-refractivity contribution is 7.09. The van der Waals surface area contributed by atoms with Crippen molar-refractivity contribution in [3.63, 3.8) is 0 Å². The molecule has 0 atom stereocenters. The number of nitrogens with one attached hydrogen (secondary N) is 2. The topological polar surface area (TPSA) is 97.2 Å². The number of nitro groups is 1. The molecular formula is C17H13ClN4O3S. The average molecular weight is 389 g/mol. The van der Waals surface area contributed by atoms with Crippen LogP contribution in [0.25, 0.3) is 11.3 Å². The number of para-hydroxylation sites is 2. The van der Waals surface area contributed by atoms with Gasteiger partial charge in [-0.25, -0.2) is 9.78 Å². The summed E-state index contributed by atoms with van der Waals surface area (Å²) in [5.41, 5.74) is 1.70. The lowest BCUT2D eigenvalue weighted by atomic mass is 10.2. The molecule has 7 nitrogen and oxygen atoms in total. The molecule has 0 radical (unpaired) electrons. The molecule has 9 heteroatoms. The second-order valence-corrected chi connectivity index (χ2v) is 6.59. The van der Waals surface area contributed by atoms with Crippen LogP contribution in [0.5, 0.6) is 0 Å². The summed E-state index contributed by atoms with van der Waals surface area (Å²) in [6.07, 6.45) is 0. The predicted octanol–water partition coefficient (Wildman–Crippen LogP) is 4.69. The Morgan fingerprint density at radius 3 is 2.65 bits per heavy atom. The van der Waals surface area contributed by atoms with E-state index in [2.05, 4.69) is 15.6 Å². The summed E-state index contributed by atoms with van der Waals surface area (Å²) >= 11 is 7.28. The standard InChI is InChI=1S/C17H13ClN4O3S/c18-12-7-5-11(6-8-12)14-10-26-16(20-14)9-19-17(23)21-13-3-1-2-4-15(13)22(24)25/h1-8,10H,9H2,(H2,19,21,23). The van der Waals surface area contributed by atoms with Crippen LogP contribution in [0, 0.1) is 10.1 Å². The molecule has 3 rings (SSSR count). The van der Waals surface area contributed by atoms with Crippen LogP contribution in [0.3, 0.4) is 0 Å². The molecule has 1 heterocycles. The number of carbonyl (C=O) groups excluding carboxylic acids is 1. The molecule has 0 aliphatic heterocycles. The summed E-state index contributed by atoms with van der Waals surface area (Å²) in [5.74, 6) is 0. The van der Waals surface area contributed by atoms with Crippen LogP contribution in [-0.2, 0) is 6.54 Å². The smallest absolute Gasteiger partial charge is 0.319 e. The highest BCUT2D eigenvalue weighted by atomic mass is 35.5. The normalized spacial score (nSPS) is 10.3. The van der Waals surface area contributed by atoms with Gasteiger partial charge in [-0.05, 0) is 18.2 Å². The first-order chi connectivity index (χ1) is 12.5. The Labute approximate surface area is 157 Å². The minimum atomic E-state index is -0.547. The van der Waals surface area contributed by atoms with Crippen molar-refractivity contribution in [1.29, 1.82) is 0 Å². The number of amides is 2. The van der Waals surface area contributed by atoms with Crippen molar-refractivity contribution in [3.05, 3.63) is 74.1 Å². The second kappa shape index (κ2) is 7.94. The summed E-state index contributed by atoms with van der Waals surface area (Å²) in [4.78, 5) is 26.9. The van der Waals surface area contributed by atoms with E-state index in [0.29, 0.717) is 10.0 Å². The first kappa shape index (κ1) is 17.8. The number of nitro benzene ring substituents is 1. The third-order valence-electron chi connectivity index (χ3n) is 3.44. The summed E-state index contributed by atoms with van der Waals surface area (Å²) in [6.45, 7) is 0.213. The van der Waals surface area contributed by atoms with Gasteiger partial charge in [0.15, 0.2) is 0 Å². The number of carbonyl (C=O) groups is 1. The summed E-state index contributed by atoms with van der Waals surface area (Å²) in [7, 11) is 0. The molecule has 26 heavy (non-hydrogen) atoms. The lowest BCUT2D eigenvalue weighted by Gasteiger charge is -2.06. The quantitative estimate of drug-likeness (QED) is 0.489. The number of nitrogens with zero attached hydrogens (tertiary/aromatic N) is 2. The van der Waals surface area contributed by atoms with Crippen LogP contribution in [-0.4, -0.2) is 15.9 Å². The SMILES string of the molecule is O=C(NCc1nc(-c2ccc(Cl)cc2)cs1)Nc1ccccc1[N+](=O)[O-]. The average Bonchev–Trinajstić information content (AvgIpc) is 3.10. The lowest BCUT2D eigenvalue weighted by molar-refractivity contribution is -0.383. The summed E-state index contributed by atoms with van der Waals surface area (Å²) in [5, 5.41) is 19.3. The highest BCUT2D eigenvalue weighted by Gasteiger charge is 2.14. The van der Waals surface area contributed by atoms with Crippen molar-refractivity contribution in [2.75, 3.05) is 5.32 Å². The maximum Gasteiger partial charge on any atom is 0.319 e. The van der Waals surface area contributed by atoms with Crippen LogP contribution in [0.2, 0.25) is 5.02 Å². The molecule has 0 unspecified atom stereocenters. The molecule has 1 aromatic heterocycles. The Morgan fingerprint density at radius 1 is 1.19 bits per heavy atom. The van der Waals surface area contributed by atoms with Crippen molar-refractivity contribution >= 4 is 40.3 Å². The molecule has 132 valence electrons. The fourth-order valence-electron chi connectivity index (χ4n) is 2.21. The molecule has 0 aliphatic rings. The van der Waals surface area contributed by atoms with Crippen LogP contribution in [0.4, 0.5) is 16.2 Å². The fraction of sp³-hybridized carbons (Fsp3) is 0.0588. The van der Waals surface area contributed by atoms with Crippen molar-refractivity contribution in [2.45, 2.75) is 6.54 Å². The molecule has 2 amide bonds. The van der Waals surface area contributed by atoms with E-state index in [9.17, 15) is 14.9 Å². The van der Waals surface area contributed by atoms with Crippen LogP contribution < -0.4 is 10.6 Å². The maximum atomic E-state index is 12.0. The first-order valence-corrected chi connectivity index (χ1v) is 8.77. The summed E-state index contributed by atoms with van der Waals surface area (Å²) in [6, 6.07) is 12.7. The summed E-state index contributed by atoms with van der Waals surface area (Å²) < 4.78 is 0. The Morgan fingerprint density at radius 2 is 1.92 bits per heavy atom. The van der Waals surface area contributed by atoms with E-state index in [1.807, 2.05) is 17.5 Å². The molecule has 2 aromatic carbocycles. The minimum absolute atomic E-state index is 0.135. The number of hydrogen-bond acceptors (Lipinski definition) is 5. The minimum Gasteiger partial charge on any atom is -0.331 e. The van der Waals surface area contributed by atoms with E-state index in [0.717, 1.165) is 11.3 Å². The van der Waals surface area contributed by atoms with Gasteiger partial charge in [0.05, 0.1) is 17.2 Å². The molecule has 0 bridgehead atoms. The third kappa shape index (κ3) is 4.35. The van der Waals surface area contributed by atoms with Gasteiger partial charge in [-0.15, -0.1) is 11.3 Å². The van der Waals surface area contributed by atoms with Gasteiger partial charge >= 0.3 is 6.03 Å². The molecule has 2 N–H and O–H groups in total. The Kier molecular flexibility index (Phi) is 5.45.